The zero-order valence-corrected chi connectivity index (χ0v) is 11.7. The van der Waals surface area contributed by atoms with Crippen LogP contribution in [0.3, 0.4) is 0 Å². The number of fused-ring (bicyclic) bond motifs is 1. The van der Waals surface area contributed by atoms with E-state index in [1.165, 1.54) is 18.9 Å². The first-order valence-corrected chi connectivity index (χ1v) is 7.38. The van der Waals surface area contributed by atoms with Crippen molar-refractivity contribution in [2.75, 3.05) is 11.4 Å². The summed E-state index contributed by atoms with van der Waals surface area (Å²) in [5.74, 6) is 0.615. The van der Waals surface area contributed by atoms with Crippen LogP contribution in [0.1, 0.15) is 43.2 Å². The highest BCUT2D eigenvalue weighted by molar-refractivity contribution is 5.56. The number of rotatable bonds is 1. The van der Waals surface area contributed by atoms with Crippen LogP contribution in [0.4, 0.5) is 18.9 Å². The van der Waals surface area contributed by atoms with E-state index in [0.717, 1.165) is 31.9 Å². The van der Waals surface area contributed by atoms with Gasteiger partial charge in [0.05, 0.1) is 17.2 Å². The minimum atomic E-state index is -4.48. The van der Waals surface area contributed by atoms with Crippen molar-refractivity contribution < 1.29 is 13.2 Å². The maximum absolute atomic E-state index is 13.1. The number of nitriles is 1. The molecular formula is C16H17F3N2. The van der Waals surface area contributed by atoms with Crippen molar-refractivity contribution in [3.63, 3.8) is 0 Å². The van der Waals surface area contributed by atoms with Gasteiger partial charge in [0.25, 0.3) is 0 Å². The Hall–Kier alpha value is -1.70. The largest absolute Gasteiger partial charge is 0.417 e. The molecule has 2 unspecified atom stereocenters. The molecule has 0 spiro atoms. The van der Waals surface area contributed by atoms with E-state index in [0.29, 0.717) is 17.6 Å². The lowest BCUT2D eigenvalue weighted by Gasteiger charge is -2.33. The van der Waals surface area contributed by atoms with Gasteiger partial charge in [0, 0.05) is 18.3 Å². The van der Waals surface area contributed by atoms with Gasteiger partial charge in [-0.1, -0.05) is 12.8 Å². The molecule has 2 fully saturated rings. The monoisotopic (exact) mass is 294 g/mol. The quantitative estimate of drug-likeness (QED) is 0.770. The molecule has 3 rings (SSSR count). The molecular weight excluding hydrogens is 277 g/mol. The van der Waals surface area contributed by atoms with E-state index in [9.17, 15) is 13.2 Å². The first-order chi connectivity index (χ1) is 10.0. The number of hydrogen-bond acceptors (Lipinski definition) is 2. The molecule has 1 heterocycles. The number of nitrogens with zero attached hydrogens (tertiary/aromatic N) is 2. The highest BCUT2D eigenvalue weighted by Gasteiger charge is 2.38. The van der Waals surface area contributed by atoms with Gasteiger partial charge in [-0.15, -0.1) is 0 Å². The van der Waals surface area contributed by atoms with Gasteiger partial charge >= 0.3 is 6.18 Å². The van der Waals surface area contributed by atoms with Crippen molar-refractivity contribution in [3.8, 4) is 6.07 Å². The van der Waals surface area contributed by atoms with E-state index in [2.05, 4.69) is 4.90 Å². The molecule has 1 aliphatic heterocycles. The molecule has 0 bridgehead atoms. The Bertz CT molecular complexity index is 574. The summed E-state index contributed by atoms with van der Waals surface area (Å²) in [5.41, 5.74) is -0.511. The molecule has 5 heteroatoms. The van der Waals surface area contributed by atoms with Crippen molar-refractivity contribution >= 4 is 5.69 Å². The number of alkyl halides is 3. The van der Waals surface area contributed by atoms with Crippen molar-refractivity contribution in [1.82, 2.24) is 0 Å². The van der Waals surface area contributed by atoms with Crippen molar-refractivity contribution in [3.05, 3.63) is 29.3 Å². The van der Waals surface area contributed by atoms with Gasteiger partial charge in [-0.05, 0) is 43.4 Å². The Morgan fingerprint density at radius 1 is 1.14 bits per heavy atom. The molecule has 1 saturated carbocycles. The van der Waals surface area contributed by atoms with Gasteiger partial charge in [-0.2, -0.15) is 18.4 Å². The van der Waals surface area contributed by atoms with Crippen molar-refractivity contribution in [2.24, 2.45) is 5.92 Å². The lowest BCUT2D eigenvalue weighted by molar-refractivity contribution is -0.137. The lowest BCUT2D eigenvalue weighted by Crippen LogP contribution is -2.34. The molecule has 1 aromatic rings. The first kappa shape index (κ1) is 14.2. The minimum Gasteiger partial charge on any atom is -0.368 e. The average molecular weight is 294 g/mol. The van der Waals surface area contributed by atoms with E-state index in [1.54, 1.807) is 12.1 Å². The summed E-state index contributed by atoms with van der Waals surface area (Å²) < 4.78 is 39.2. The molecule has 0 aromatic heterocycles. The Morgan fingerprint density at radius 3 is 2.62 bits per heavy atom. The molecule has 1 aliphatic carbocycles. The SMILES string of the molecule is N#Cc1ccc(N2CCC3CCCCC32)cc1C(F)(F)F. The number of hydrogen-bond donors (Lipinski definition) is 0. The van der Waals surface area contributed by atoms with E-state index in [-0.39, 0.29) is 5.56 Å². The van der Waals surface area contributed by atoms with Crippen LogP contribution in [0, 0.1) is 17.2 Å². The van der Waals surface area contributed by atoms with E-state index in [1.807, 2.05) is 0 Å². The van der Waals surface area contributed by atoms with Gasteiger partial charge in [-0.3, -0.25) is 0 Å². The van der Waals surface area contributed by atoms with E-state index < -0.39 is 11.7 Å². The van der Waals surface area contributed by atoms with Crippen LogP contribution in [0.2, 0.25) is 0 Å². The molecule has 1 saturated heterocycles. The topological polar surface area (TPSA) is 27.0 Å². The summed E-state index contributed by atoms with van der Waals surface area (Å²) in [6, 6.07) is 6.11. The minimum absolute atomic E-state index is 0.300. The van der Waals surface area contributed by atoms with Crippen LogP contribution >= 0.6 is 0 Å². The highest BCUT2D eigenvalue weighted by atomic mass is 19.4. The third kappa shape index (κ3) is 2.59. The third-order valence-corrected chi connectivity index (χ3v) is 4.77. The fraction of sp³-hybridized carbons (Fsp3) is 0.562. The second-order valence-electron chi connectivity index (χ2n) is 5.93. The first-order valence-electron chi connectivity index (χ1n) is 7.38. The molecule has 112 valence electrons. The normalized spacial score (nSPS) is 25.5. The summed E-state index contributed by atoms with van der Waals surface area (Å²) in [7, 11) is 0. The lowest BCUT2D eigenvalue weighted by atomic mass is 9.85. The number of halogens is 3. The van der Waals surface area contributed by atoms with Crippen LogP contribution in [-0.2, 0) is 6.18 Å². The highest BCUT2D eigenvalue weighted by Crippen LogP contribution is 2.41. The van der Waals surface area contributed by atoms with Gasteiger partial charge in [0.2, 0.25) is 0 Å². The molecule has 0 radical (unpaired) electrons. The van der Waals surface area contributed by atoms with Gasteiger partial charge in [-0.25, -0.2) is 0 Å². The summed E-state index contributed by atoms with van der Waals surface area (Å²) in [4.78, 5) is 2.11. The summed E-state index contributed by atoms with van der Waals surface area (Å²) in [6.45, 7) is 0.818. The van der Waals surface area contributed by atoms with E-state index >= 15 is 0 Å². The van der Waals surface area contributed by atoms with E-state index in [4.69, 9.17) is 5.26 Å². The second-order valence-corrected chi connectivity index (χ2v) is 5.93. The van der Waals surface area contributed by atoms with Gasteiger partial charge < -0.3 is 4.90 Å². The Balaban J connectivity index is 1.95. The summed E-state index contributed by atoms with van der Waals surface area (Å²) in [5, 5.41) is 8.86. The standard InChI is InChI=1S/C16H17F3N2/c17-16(18,19)14-9-13(6-5-12(14)10-20)21-8-7-11-3-1-2-4-15(11)21/h5-6,9,11,15H,1-4,7-8H2. The number of anilines is 1. The Kier molecular flexibility index (Phi) is 3.56. The molecule has 2 aliphatic rings. The predicted molar refractivity (Wildman–Crippen MR) is 73.9 cm³/mol. The number of benzene rings is 1. The molecule has 0 amide bonds. The zero-order valence-electron chi connectivity index (χ0n) is 11.7. The summed E-state index contributed by atoms with van der Waals surface area (Å²) >= 11 is 0. The Morgan fingerprint density at radius 2 is 1.90 bits per heavy atom. The van der Waals surface area contributed by atoms with Crippen LogP contribution in [0.15, 0.2) is 18.2 Å². The zero-order chi connectivity index (χ0) is 15.0. The Labute approximate surface area is 122 Å². The maximum atomic E-state index is 13.1. The second kappa shape index (κ2) is 5.25. The van der Waals surface area contributed by atoms with Crippen molar-refractivity contribution in [1.29, 1.82) is 5.26 Å². The molecule has 21 heavy (non-hydrogen) atoms. The molecule has 1 aromatic carbocycles. The fourth-order valence-electron chi connectivity index (χ4n) is 3.77. The third-order valence-electron chi connectivity index (χ3n) is 4.77. The fourth-order valence-corrected chi connectivity index (χ4v) is 3.77. The predicted octanol–water partition coefficient (Wildman–Crippen LogP) is 4.35. The smallest absolute Gasteiger partial charge is 0.368 e. The van der Waals surface area contributed by atoms with Crippen LogP contribution in [0.5, 0.6) is 0 Å². The molecule has 2 atom stereocenters. The summed E-state index contributed by atoms with van der Waals surface area (Å²) in [6.07, 6.45) is 1.21. The molecule has 0 N–H and O–H groups in total. The van der Waals surface area contributed by atoms with Crippen LogP contribution in [0.25, 0.3) is 0 Å². The maximum Gasteiger partial charge on any atom is 0.417 e. The average Bonchev–Trinajstić information content (AvgIpc) is 2.89. The van der Waals surface area contributed by atoms with Gasteiger partial charge in [0.1, 0.15) is 0 Å². The van der Waals surface area contributed by atoms with Crippen molar-refractivity contribution in [2.45, 2.75) is 44.3 Å². The molecule has 2 nitrogen and oxygen atoms in total. The van der Waals surface area contributed by atoms with Crippen LogP contribution < -0.4 is 4.90 Å². The van der Waals surface area contributed by atoms with Gasteiger partial charge in [0.15, 0.2) is 0 Å². The van der Waals surface area contributed by atoms with Crippen LogP contribution in [-0.4, -0.2) is 12.6 Å².